The molecule has 1 aliphatic rings. The Bertz CT molecular complexity index is 547. The zero-order chi connectivity index (χ0) is 13.9. The van der Waals surface area contributed by atoms with Gasteiger partial charge in [0.15, 0.2) is 0 Å². The van der Waals surface area contributed by atoms with Gasteiger partial charge in [-0.25, -0.2) is 8.42 Å². The van der Waals surface area contributed by atoms with Crippen molar-refractivity contribution in [3.8, 4) is 0 Å². The molecule has 19 heavy (non-hydrogen) atoms. The minimum atomic E-state index is -3.56. The summed E-state index contributed by atoms with van der Waals surface area (Å²) >= 11 is 1.32. The molecule has 0 bridgehead atoms. The van der Waals surface area contributed by atoms with Crippen LogP contribution >= 0.6 is 11.8 Å². The van der Waals surface area contributed by atoms with Crippen LogP contribution in [-0.4, -0.2) is 52.2 Å². The molecule has 1 fully saturated rings. The second kappa shape index (κ2) is 5.89. The fourth-order valence-electron chi connectivity index (χ4n) is 1.79. The van der Waals surface area contributed by atoms with E-state index in [-0.39, 0.29) is 18.1 Å². The van der Waals surface area contributed by atoms with E-state index in [1.54, 1.807) is 24.4 Å². The molecule has 0 saturated carbocycles. The highest BCUT2D eigenvalue weighted by molar-refractivity contribution is 8.00. The first-order chi connectivity index (χ1) is 9.00. The van der Waals surface area contributed by atoms with Gasteiger partial charge in [0.25, 0.3) is 0 Å². The van der Waals surface area contributed by atoms with Gasteiger partial charge in [-0.05, 0) is 12.1 Å². The molecular weight excluding hydrogens is 288 g/mol. The molecule has 8 heteroatoms. The van der Waals surface area contributed by atoms with Crippen LogP contribution < -0.4 is 0 Å². The summed E-state index contributed by atoms with van der Waals surface area (Å²) in [6.07, 6.45) is 1.89. The molecule has 0 aliphatic carbocycles. The van der Waals surface area contributed by atoms with Crippen LogP contribution in [0.1, 0.15) is 5.69 Å². The Kier molecular flexibility index (Phi) is 4.43. The molecule has 1 saturated heterocycles. The number of hydrogen-bond acceptors (Lipinski definition) is 5. The van der Waals surface area contributed by atoms with Gasteiger partial charge in [0, 0.05) is 24.1 Å². The van der Waals surface area contributed by atoms with Gasteiger partial charge in [-0.15, -0.1) is 11.8 Å². The second-order valence-electron chi connectivity index (χ2n) is 4.13. The Hall–Kier alpha value is -1.12. The third-order valence-corrected chi connectivity index (χ3v) is 5.82. The average Bonchev–Trinajstić information content (AvgIpc) is 2.88. The molecule has 1 aromatic rings. The number of rotatable bonds is 5. The molecule has 0 aromatic carbocycles. The Morgan fingerprint density at radius 1 is 1.53 bits per heavy atom. The molecule has 0 radical (unpaired) electrons. The topological polar surface area (TPSA) is 87.6 Å². The number of carbonyl (C=O) groups is 1. The molecule has 104 valence electrons. The summed E-state index contributed by atoms with van der Waals surface area (Å²) in [4.78, 5) is 15.1. The fraction of sp³-hybridized carbons (Fsp3) is 0.455. The normalized spacial score (nSPS) is 20.5. The monoisotopic (exact) mass is 302 g/mol. The van der Waals surface area contributed by atoms with Gasteiger partial charge in [0.2, 0.25) is 10.0 Å². The zero-order valence-corrected chi connectivity index (χ0v) is 11.7. The number of hydrogen-bond donors (Lipinski definition) is 1. The molecule has 1 aliphatic heterocycles. The summed E-state index contributed by atoms with van der Waals surface area (Å²) in [7, 11) is -3.56. The van der Waals surface area contributed by atoms with E-state index in [2.05, 4.69) is 4.98 Å². The highest BCUT2D eigenvalue weighted by Crippen LogP contribution is 2.24. The van der Waals surface area contributed by atoms with E-state index in [0.717, 1.165) is 4.31 Å². The van der Waals surface area contributed by atoms with Crippen molar-refractivity contribution >= 4 is 27.8 Å². The number of nitrogens with zero attached hydrogens (tertiary/aromatic N) is 2. The molecule has 0 amide bonds. The maximum absolute atomic E-state index is 12.1. The number of sulfonamides is 1. The number of carboxylic acid groups (broad SMARTS) is 1. The first-order valence-corrected chi connectivity index (χ1v) is 8.47. The molecular formula is C11H14N2O4S2. The largest absolute Gasteiger partial charge is 0.480 e. The van der Waals surface area contributed by atoms with E-state index in [9.17, 15) is 13.2 Å². The smallest absolute Gasteiger partial charge is 0.322 e. The SMILES string of the molecule is O=C(O)[C@@H]1CSCN1S(=O)(=O)CCc1ccccn1. The summed E-state index contributed by atoms with van der Waals surface area (Å²) in [6, 6.07) is 4.36. The average molecular weight is 302 g/mol. The van der Waals surface area contributed by atoms with Gasteiger partial charge >= 0.3 is 5.97 Å². The highest BCUT2D eigenvalue weighted by Gasteiger charge is 2.38. The molecule has 1 N–H and O–H groups in total. The van der Waals surface area contributed by atoms with Crippen LogP contribution in [0.3, 0.4) is 0 Å². The van der Waals surface area contributed by atoms with Crippen molar-refractivity contribution in [1.29, 1.82) is 0 Å². The van der Waals surface area contributed by atoms with E-state index in [4.69, 9.17) is 5.11 Å². The first-order valence-electron chi connectivity index (χ1n) is 5.71. The number of aromatic nitrogens is 1. The van der Waals surface area contributed by atoms with Gasteiger partial charge in [-0.2, -0.15) is 4.31 Å². The lowest BCUT2D eigenvalue weighted by atomic mass is 10.3. The van der Waals surface area contributed by atoms with Gasteiger partial charge in [0.1, 0.15) is 6.04 Å². The summed E-state index contributed by atoms with van der Waals surface area (Å²) < 4.78 is 25.4. The molecule has 2 rings (SSSR count). The minimum Gasteiger partial charge on any atom is -0.480 e. The van der Waals surface area contributed by atoms with Crippen molar-refractivity contribution in [3.63, 3.8) is 0 Å². The predicted molar refractivity (Wildman–Crippen MR) is 72.3 cm³/mol. The predicted octanol–water partition coefficient (Wildman–Crippen LogP) is 0.413. The minimum absolute atomic E-state index is 0.117. The van der Waals surface area contributed by atoms with Crippen LogP contribution in [0.15, 0.2) is 24.4 Å². The van der Waals surface area contributed by atoms with Crippen molar-refractivity contribution in [2.45, 2.75) is 12.5 Å². The van der Waals surface area contributed by atoms with Crippen LogP contribution in [0.2, 0.25) is 0 Å². The third-order valence-electron chi connectivity index (χ3n) is 2.83. The molecule has 2 heterocycles. The van der Waals surface area contributed by atoms with Gasteiger partial charge < -0.3 is 5.11 Å². The van der Waals surface area contributed by atoms with Crippen LogP contribution in [-0.2, 0) is 21.2 Å². The Morgan fingerprint density at radius 3 is 2.95 bits per heavy atom. The Balaban J connectivity index is 2.04. The number of carboxylic acids is 1. The lowest BCUT2D eigenvalue weighted by Crippen LogP contribution is -2.43. The van der Waals surface area contributed by atoms with Gasteiger partial charge in [-0.1, -0.05) is 6.07 Å². The van der Waals surface area contributed by atoms with Crippen LogP contribution in [0.4, 0.5) is 0 Å². The van der Waals surface area contributed by atoms with Gasteiger partial charge in [0.05, 0.1) is 11.6 Å². The summed E-state index contributed by atoms with van der Waals surface area (Å²) in [5.41, 5.74) is 0.685. The van der Waals surface area contributed by atoms with E-state index in [1.807, 2.05) is 0 Å². The highest BCUT2D eigenvalue weighted by atomic mass is 32.2. The standard InChI is InChI=1S/C11H14N2O4S2/c14-11(15)10-7-18-8-13(10)19(16,17)6-4-9-3-1-2-5-12-9/h1-3,5,10H,4,6-8H2,(H,14,15)/t10-/m0/s1. The van der Waals surface area contributed by atoms with E-state index >= 15 is 0 Å². The summed E-state index contributed by atoms with van der Waals surface area (Å²) in [5, 5.41) is 9.00. The van der Waals surface area contributed by atoms with E-state index in [0.29, 0.717) is 11.4 Å². The number of aryl methyl sites for hydroxylation is 1. The van der Waals surface area contributed by atoms with Crippen molar-refractivity contribution in [1.82, 2.24) is 9.29 Å². The fourth-order valence-corrected chi connectivity index (χ4v) is 5.02. The number of aliphatic carboxylic acids is 1. The van der Waals surface area contributed by atoms with Gasteiger partial charge in [-0.3, -0.25) is 9.78 Å². The molecule has 1 aromatic heterocycles. The van der Waals surface area contributed by atoms with E-state index < -0.39 is 22.0 Å². The lowest BCUT2D eigenvalue weighted by Gasteiger charge is -2.19. The summed E-state index contributed by atoms with van der Waals surface area (Å²) in [5.74, 6) is -0.694. The Labute approximate surface area is 115 Å². The Morgan fingerprint density at radius 2 is 2.32 bits per heavy atom. The third kappa shape index (κ3) is 3.46. The quantitative estimate of drug-likeness (QED) is 0.848. The van der Waals surface area contributed by atoms with Crippen molar-refractivity contribution in [2.24, 2.45) is 0 Å². The second-order valence-corrected chi connectivity index (χ2v) is 7.17. The molecule has 6 nitrogen and oxygen atoms in total. The molecule has 0 unspecified atom stereocenters. The van der Waals surface area contributed by atoms with Crippen LogP contribution in [0.25, 0.3) is 0 Å². The summed E-state index contributed by atoms with van der Waals surface area (Å²) in [6.45, 7) is 0. The maximum atomic E-state index is 12.1. The van der Waals surface area contributed by atoms with Crippen LogP contribution in [0, 0.1) is 0 Å². The number of pyridine rings is 1. The van der Waals surface area contributed by atoms with Crippen molar-refractivity contribution in [2.75, 3.05) is 17.4 Å². The molecule has 0 spiro atoms. The van der Waals surface area contributed by atoms with E-state index in [1.165, 1.54) is 11.8 Å². The lowest BCUT2D eigenvalue weighted by molar-refractivity contribution is -0.140. The first kappa shape index (κ1) is 14.3. The molecule has 1 atom stereocenters. The zero-order valence-electron chi connectivity index (χ0n) is 10.1. The van der Waals surface area contributed by atoms with Crippen LogP contribution in [0.5, 0.6) is 0 Å². The van der Waals surface area contributed by atoms with Crippen molar-refractivity contribution < 1.29 is 18.3 Å². The van der Waals surface area contributed by atoms with Crippen molar-refractivity contribution in [3.05, 3.63) is 30.1 Å². The number of thioether (sulfide) groups is 1. The maximum Gasteiger partial charge on any atom is 0.322 e.